The number of aromatic hydroxyl groups is 1. The average Bonchev–Trinajstić information content (AvgIpc) is 2.97. The number of rotatable bonds is 5. The van der Waals surface area contributed by atoms with Crippen molar-refractivity contribution in [3.05, 3.63) is 59.1 Å². The van der Waals surface area contributed by atoms with Gasteiger partial charge in [-0.2, -0.15) is 5.10 Å². The van der Waals surface area contributed by atoms with Crippen molar-refractivity contribution in [3.63, 3.8) is 0 Å². The van der Waals surface area contributed by atoms with Gasteiger partial charge in [-0.05, 0) is 29.8 Å². The predicted octanol–water partition coefficient (Wildman–Crippen LogP) is 4.57. The smallest absolute Gasteiger partial charge is 0.221 e. The summed E-state index contributed by atoms with van der Waals surface area (Å²) in [5.41, 5.74) is 5.06. The Balaban J connectivity index is 1.83. The average molecular weight is 387 g/mol. The molecule has 0 aliphatic rings. The van der Waals surface area contributed by atoms with Crippen LogP contribution in [0.3, 0.4) is 0 Å². The molecule has 0 aliphatic carbocycles. The second kappa shape index (κ2) is 7.99. The number of carbonyl (C=O) groups excluding carboxylic acids is 1. The summed E-state index contributed by atoms with van der Waals surface area (Å²) < 4.78 is 0. The number of halogens is 1. The summed E-state index contributed by atoms with van der Waals surface area (Å²) in [5.74, 6) is -0.0140. The number of hydrogen-bond donors (Lipinski definition) is 3. The Morgan fingerprint density at radius 3 is 2.73 bits per heavy atom. The Morgan fingerprint density at radius 2 is 2.04 bits per heavy atom. The fraction of sp³-hybridized carbons (Fsp3) is 0.0556. The fourth-order valence-electron chi connectivity index (χ4n) is 2.18. The number of hydrogen-bond acceptors (Lipinski definition) is 6. The number of nitrogens with zero attached hydrogens (tertiary/aromatic N) is 2. The van der Waals surface area contributed by atoms with Crippen LogP contribution >= 0.6 is 22.9 Å². The number of amides is 1. The molecule has 3 aromatic rings. The summed E-state index contributed by atoms with van der Waals surface area (Å²) in [6, 6.07) is 13.9. The first-order valence-electron chi connectivity index (χ1n) is 7.64. The van der Waals surface area contributed by atoms with Crippen molar-refractivity contribution >= 4 is 45.2 Å². The highest BCUT2D eigenvalue weighted by molar-refractivity contribution is 7.20. The Hall–Kier alpha value is -2.90. The van der Waals surface area contributed by atoms with Crippen LogP contribution in [-0.2, 0) is 4.79 Å². The van der Waals surface area contributed by atoms with E-state index in [1.54, 1.807) is 36.5 Å². The molecule has 8 heteroatoms. The zero-order valence-electron chi connectivity index (χ0n) is 13.7. The number of phenolic OH excluding ortho intramolecular Hbond substituents is 1. The highest BCUT2D eigenvalue weighted by atomic mass is 35.5. The number of nitrogens with one attached hydrogen (secondary N) is 2. The van der Waals surface area contributed by atoms with Gasteiger partial charge in [0.15, 0.2) is 0 Å². The fourth-order valence-corrected chi connectivity index (χ4v) is 3.19. The largest absolute Gasteiger partial charge is 0.508 e. The van der Waals surface area contributed by atoms with Crippen LogP contribution in [0.2, 0.25) is 5.02 Å². The zero-order valence-corrected chi connectivity index (χ0v) is 15.3. The first-order chi connectivity index (χ1) is 12.5. The van der Waals surface area contributed by atoms with Crippen molar-refractivity contribution in [2.24, 2.45) is 5.10 Å². The monoisotopic (exact) mass is 386 g/mol. The normalized spacial score (nSPS) is 10.8. The van der Waals surface area contributed by atoms with E-state index in [-0.39, 0.29) is 11.7 Å². The lowest BCUT2D eigenvalue weighted by atomic mass is 10.2. The molecule has 1 heterocycles. The number of thiazole rings is 1. The van der Waals surface area contributed by atoms with E-state index in [1.807, 2.05) is 18.2 Å². The Labute approximate surface area is 159 Å². The van der Waals surface area contributed by atoms with Gasteiger partial charge in [-0.25, -0.2) is 4.98 Å². The summed E-state index contributed by atoms with van der Waals surface area (Å²) >= 11 is 7.20. The molecule has 3 rings (SSSR count). The van der Waals surface area contributed by atoms with Crippen LogP contribution in [0.25, 0.3) is 11.3 Å². The molecule has 0 bridgehead atoms. The molecule has 0 atom stereocenters. The maximum atomic E-state index is 11.5. The van der Waals surface area contributed by atoms with Crippen molar-refractivity contribution in [1.29, 1.82) is 0 Å². The Morgan fingerprint density at radius 1 is 1.27 bits per heavy atom. The van der Waals surface area contributed by atoms with Gasteiger partial charge in [0.1, 0.15) is 16.4 Å². The topological polar surface area (TPSA) is 86.6 Å². The molecule has 26 heavy (non-hydrogen) atoms. The van der Waals surface area contributed by atoms with Crippen LogP contribution in [0.1, 0.15) is 12.5 Å². The number of hydrazone groups is 1. The van der Waals surface area contributed by atoms with Crippen LogP contribution in [0.15, 0.2) is 53.6 Å². The molecule has 0 fully saturated rings. The van der Waals surface area contributed by atoms with Crippen LogP contribution in [0, 0.1) is 0 Å². The van der Waals surface area contributed by atoms with E-state index in [4.69, 9.17) is 11.6 Å². The number of aromatic nitrogens is 1. The quantitative estimate of drug-likeness (QED) is 0.442. The van der Waals surface area contributed by atoms with E-state index < -0.39 is 0 Å². The minimum Gasteiger partial charge on any atom is -0.508 e. The van der Waals surface area contributed by atoms with Gasteiger partial charge in [-0.3, -0.25) is 10.2 Å². The van der Waals surface area contributed by atoms with E-state index in [0.717, 1.165) is 11.1 Å². The van der Waals surface area contributed by atoms with Crippen molar-refractivity contribution in [2.45, 2.75) is 6.92 Å². The first-order valence-corrected chi connectivity index (χ1v) is 8.83. The second-order valence-electron chi connectivity index (χ2n) is 5.35. The lowest BCUT2D eigenvalue weighted by molar-refractivity contribution is -0.114. The summed E-state index contributed by atoms with van der Waals surface area (Å²) in [4.78, 5) is 16.0. The van der Waals surface area contributed by atoms with Crippen LogP contribution < -0.4 is 10.7 Å². The zero-order chi connectivity index (χ0) is 18.5. The van der Waals surface area contributed by atoms with Crippen molar-refractivity contribution in [3.8, 4) is 17.0 Å². The maximum absolute atomic E-state index is 11.5. The van der Waals surface area contributed by atoms with Gasteiger partial charge in [0.25, 0.3) is 0 Å². The minimum atomic E-state index is -0.182. The number of phenols is 1. The molecule has 132 valence electrons. The Bertz CT molecular complexity index is 954. The lowest BCUT2D eigenvalue weighted by Crippen LogP contribution is -2.05. The van der Waals surface area contributed by atoms with Crippen molar-refractivity contribution in [2.75, 3.05) is 10.7 Å². The maximum Gasteiger partial charge on any atom is 0.221 e. The molecule has 0 saturated carbocycles. The van der Waals surface area contributed by atoms with E-state index in [1.165, 1.54) is 18.3 Å². The molecule has 0 aliphatic heterocycles. The molecule has 2 aromatic carbocycles. The Kier molecular flexibility index (Phi) is 5.50. The van der Waals surface area contributed by atoms with E-state index in [0.29, 0.717) is 20.8 Å². The molecular weight excluding hydrogens is 372 g/mol. The van der Waals surface area contributed by atoms with Crippen molar-refractivity contribution < 1.29 is 9.90 Å². The third-order valence-corrected chi connectivity index (χ3v) is 4.41. The highest BCUT2D eigenvalue weighted by Gasteiger charge is 2.14. The molecular formula is C18H15ClN4O2S. The molecule has 0 unspecified atom stereocenters. The summed E-state index contributed by atoms with van der Waals surface area (Å²) in [7, 11) is 0. The molecule has 1 aromatic heterocycles. The third kappa shape index (κ3) is 4.59. The summed E-state index contributed by atoms with van der Waals surface area (Å²) in [6.45, 7) is 1.44. The molecule has 0 radical (unpaired) electrons. The molecule has 3 N–H and O–H groups in total. The predicted molar refractivity (Wildman–Crippen MR) is 106 cm³/mol. The van der Waals surface area contributed by atoms with Crippen LogP contribution in [0.5, 0.6) is 5.75 Å². The van der Waals surface area contributed by atoms with Crippen LogP contribution in [0.4, 0.5) is 10.1 Å². The van der Waals surface area contributed by atoms with E-state index in [2.05, 4.69) is 20.8 Å². The van der Waals surface area contributed by atoms with E-state index >= 15 is 0 Å². The molecule has 1 amide bonds. The van der Waals surface area contributed by atoms with Gasteiger partial charge in [0.2, 0.25) is 11.0 Å². The van der Waals surface area contributed by atoms with Gasteiger partial charge in [0, 0.05) is 17.5 Å². The lowest BCUT2D eigenvalue weighted by Gasteiger charge is -2.02. The second-order valence-corrected chi connectivity index (χ2v) is 6.79. The standard InChI is InChI=1S/C18H15ClN4O2S/c1-11(24)21-17-16(13-5-7-14(19)8-6-13)22-18(26-17)23-20-10-12-3-2-4-15(25)9-12/h2-10,25H,1H3,(H,21,24)(H,22,23)/b20-10+. The number of carbonyl (C=O) groups is 1. The summed E-state index contributed by atoms with van der Waals surface area (Å²) in [6.07, 6.45) is 1.57. The highest BCUT2D eigenvalue weighted by Crippen LogP contribution is 2.36. The van der Waals surface area contributed by atoms with E-state index in [9.17, 15) is 9.90 Å². The number of benzene rings is 2. The van der Waals surface area contributed by atoms with Gasteiger partial charge in [0.05, 0.1) is 6.21 Å². The van der Waals surface area contributed by atoms with Gasteiger partial charge in [-0.1, -0.05) is 47.2 Å². The third-order valence-electron chi connectivity index (χ3n) is 3.28. The molecule has 6 nitrogen and oxygen atoms in total. The SMILES string of the molecule is CC(=O)Nc1sc(N/N=C/c2cccc(O)c2)nc1-c1ccc(Cl)cc1. The van der Waals surface area contributed by atoms with Gasteiger partial charge in [-0.15, -0.1) is 0 Å². The van der Waals surface area contributed by atoms with Gasteiger partial charge >= 0.3 is 0 Å². The molecule has 0 saturated heterocycles. The first kappa shape index (κ1) is 17.9. The number of anilines is 2. The minimum absolute atomic E-state index is 0.168. The molecule has 0 spiro atoms. The van der Waals surface area contributed by atoms with Crippen LogP contribution in [-0.4, -0.2) is 22.2 Å². The van der Waals surface area contributed by atoms with Crippen molar-refractivity contribution in [1.82, 2.24) is 4.98 Å². The van der Waals surface area contributed by atoms with Gasteiger partial charge < -0.3 is 10.4 Å². The summed E-state index contributed by atoms with van der Waals surface area (Å²) in [5, 5.41) is 18.1.